The number of rotatable bonds is 4. The zero-order valence-electron chi connectivity index (χ0n) is 15.0. The van der Waals surface area contributed by atoms with Crippen molar-refractivity contribution >= 4 is 22.4 Å². The average Bonchev–Trinajstić information content (AvgIpc) is 2.69. The Balaban J connectivity index is 1.87. The molecule has 4 aromatic rings. The first-order valence-electron chi connectivity index (χ1n) is 8.58. The van der Waals surface area contributed by atoms with Gasteiger partial charge in [-0.25, -0.2) is 9.37 Å². The second-order valence-corrected chi connectivity index (χ2v) is 6.23. The number of ether oxygens (including phenoxy) is 1. The van der Waals surface area contributed by atoms with Gasteiger partial charge in [0.2, 0.25) is 5.88 Å². The summed E-state index contributed by atoms with van der Waals surface area (Å²) in [7, 11) is 1.57. The molecule has 0 bridgehead atoms. The second-order valence-electron chi connectivity index (χ2n) is 6.23. The summed E-state index contributed by atoms with van der Waals surface area (Å²) in [5, 5.41) is 5.20. The van der Waals surface area contributed by atoms with Crippen molar-refractivity contribution in [1.29, 1.82) is 0 Å². The SMILES string of the molecule is COc1cccc(Nc2cc3ccccc3c(-c3cc(F)ccc3C)n2)n1. The van der Waals surface area contributed by atoms with E-state index in [1.165, 1.54) is 12.1 Å². The van der Waals surface area contributed by atoms with Gasteiger partial charge in [-0.2, -0.15) is 4.98 Å². The third kappa shape index (κ3) is 3.44. The molecule has 2 aromatic heterocycles. The predicted molar refractivity (Wildman–Crippen MR) is 106 cm³/mol. The molecule has 134 valence electrons. The van der Waals surface area contributed by atoms with E-state index in [0.717, 1.165) is 27.6 Å². The van der Waals surface area contributed by atoms with Crippen LogP contribution in [0.5, 0.6) is 5.88 Å². The average molecular weight is 359 g/mol. The third-order valence-electron chi connectivity index (χ3n) is 4.38. The monoisotopic (exact) mass is 359 g/mol. The molecule has 27 heavy (non-hydrogen) atoms. The molecule has 0 aliphatic heterocycles. The quantitative estimate of drug-likeness (QED) is 0.523. The summed E-state index contributed by atoms with van der Waals surface area (Å²) in [6.07, 6.45) is 0. The zero-order chi connectivity index (χ0) is 18.8. The van der Waals surface area contributed by atoms with Crippen molar-refractivity contribution in [2.24, 2.45) is 0 Å². The number of hydrogen-bond donors (Lipinski definition) is 1. The highest BCUT2D eigenvalue weighted by molar-refractivity contribution is 5.97. The van der Waals surface area contributed by atoms with E-state index in [-0.39, 0.29) is 5.82 Å². The first-order chi connectivity index (χ1) is 13.1. The topological polar surface area (TPSA) is 47.0 Å². The van der Waals surface area contributed by atoms with Crippen molar-refractivity contribution < 1.29 is 9.13 Å². The molecular formula is C22H18FN3O. The fourth-order valence-electron chi connectivity index (χ4n) is 3.05. The molecule has 0 radical (unpaired) electrons. The van der Waals surface area contributed by atoms with E-state index in [9.17, 15) is 4.39 Å². The molecule has 0 saturated heterocycles. The lowest BCUT2D eigenvalue weighted by molar-refractivity contribution is 0.398. The molecule has 4 rings (SSSR count). The Morgan fingerprint density at radius 3 is 2.59 bits per heavy atom. The number of nitrogens with zero attached hydrogens (tertiary/aromatic N) is 2. The standard InChI is InChI=1S/C22H18FN3O/c1-14-10-11-16(23)13-18(14)22-17-7-4-3-6-15(17)12-20(26-22)24-19-8-5-9-21(25-19)27-2/h3-13H,1-2H3,(H,24,25,26). The number of nitrogens with one attached hydrogen (secondary N) is 1. The van der Waals surface area contributed by atoms with Crippen LogP contribution in [-0.2, 0) is 0 Å². The van der Waals surface area contributed by atoms with Gasteiger partial charge in [-0.05, 0) is 42.1 Å². The van der Waals surface area contributed by atoms with Gasteiger partial charge in [-0.3, -0.25) is 0 Å². The van der Waals surface area contributed by atoms with E-state index in [1.54, 1.807) is 19.2 Å². The van der Waals surface area contributed by atoms with E-state index >= 15 is 0 Å². The van der Waals surface area contributed by atoms with Gasteiger partial charge in [0.15, 0.2) is 0 Å². The minimum Gasteiger partial charge on any atom is -0.481 e. The molecule has 0 aliphatic carbocycles. The summed E-state index contributed by atoms with van der Waals surface area (Å²) >= 11 is 0. The summed E-state index contributed by atoms with van der Waals surface area (Å²) in [6.45, 7) is 1.95. The number of benzene rings is 2. The van der Waals surface area contributed by atoms with E-state index in [1.807, 2.05) is 49.4 Å². The maximum atomic E-state index is 13.9. The van der Waals surface area contributed by atoms with Gasteiger partial charge in [0, 0.05) is 17.0 Å². The highest BCUT2D eigenvalue weighted by atomic mass is 19.1. The van der Waals surface area contributed by atoms with Crippen molar-refractivity contribution in [3.8, 4) is 17.1 Å². The van der Waals surface area contributed by atoms with Gasteiger partial charge in [-0.15, -0.1) is 0 Å². The summed E-state index contributed by atoms with van der Waals surface area (Å²) in [5.74, 6) is 1.49. The number of aryl methyl sites for hydroxylation is 1. The molecule has 1 N–H and O–H groups in total. The van der Waals surface area contributed by atoms with E-state index in [0.29, 0.717) is 17.5 Å². The van der Waals surface area contributed by atoms with Crippen LogP contribution in [-0.4, -0.2) is 17.1 Å². The van der Waals surface area contributed by atoms with Gasteiger partial charge < -0.3 is 10.1 Å². The second kappa shape index (κ2) is 7.03. The predicted octanol–water partition coefficient (Wildman–Crippen LogP) is 5.50. The van der Waals surface area contributed by atoms with E-state index in [2.05, 4.69) is 10.3 Å². The molecule has 2 heterocycles. The summed E-state index contributed by atoms with van der Waals surface area (Å²) in [5.41, 5.74) is 2.47. The molecule has 0 aliphatic rings. The maximum absolute atomic E-state index is 13.9. The first-order valence-corrected chi connectivity index (χ1v) is 8.58. The molecule has 2 aromatic carbocycles. The lowest BCUT2D eigenvalue weighted by atomic mass is 10.00. The maximum Gasteiger partial charge on any atom is 0.214 e. The number of anilines is 2. The van der Waals surface area contributed by atoms with Gasteiger partial charge in [-0.1, -0.05) is 36.4 Å². The molecule has 0 atom stereocenters. The Bertz CT molecular complexity index is 1130. The Labute approximate surface area is 156 Å². The van der Waals surface area contributed by atoms with Crippen LogP contribution >= 0.6 is 0 Å². The van der Waals surface area contributed by atoms with Gasteiger partial charge in [0.1, 0.15) is 17.5 Å². The van der Waals surface area contributed by atoms with E-state index in [4.69, 9.17) is 9.72 Å². The fraction of sp³-hybridized carbons (Fsp3) is 0.0909. The van der Waals surface area contributed by atoms with Crippen molar-refractivity contribution in [3.63, 3.8) is 0 Å². The third-order valence-corrected chi connectivity index (χ3v) is 4.38. The van der Waals surface area contributed by atoms with Crippen molar-refractivity contribution in [1.82, 2.24) is 9.97 Å². The Morgan fingerprint density at radius 1 is 0.889 bits per heavy atom. The number of hydrogen-bond acceptors (Lipinski definition) is 4. The number of fused-ring (bicyclic) bond motifs is 1. The van der Waals surface area contributed by atoms with Gasteiger partial charge in [0.25, 0.3) is 0 Å². The molecule has 0 spiro atoms. The lowest BCUT2D eigenvalue weighted by Gasteiger charge is -2.13. The van der Waals surface area contributed by atoms with Crippen LogP contribution in [0.4, 0.5) is 16.0 Å². The summed E-state index contributed by atoms with van der Waals surface area (Å²) < 4.78 is 19.1. The summed E-state index contributed by atoms with van der Waals surface area (Å²) in [4.78, 5) is 9.13. The molecular weight excluding hydrogens is 341 g/mol. The molecule has 0 saturated carbocycles. The molecule has 0 unspecified atom stereocenters. The van der Waals surface area contributed by atoms with Crippen LogP contribution in [0.25, 0.3) is 22.0 Å². The zero-order valence-corrected chi connectivity index (χ0v) is 15.0. The number of aromatic nitrogens is 2. The molecule has 0 amide bonds. The van der Waals surface area contributed by atoms with Crippen molar-refractivity contribution in [2.75, 3.05) is 12.4 Å². The minimum absolute atomic E-state index is 0.283. The van der Waals surface area contributed by atoms with Crippen molar-refractivity contribution in [3.05, 3.63) is 78.1 Å². The Hall–Kier alpha value is -3.47. The highest BCUT2D eigenvalue weighted by Gasteiger charge is 2.12. The molecule has 5 heteroatoms. The van der Waals surface area contributed by atoms with Crippen LogP contribution < -0.4 is 10.1 Å². The number of pyridine rings is 2. The van der Waals surface area contributed by atoms with Crippen LogP contribution in [0.1, 0.15) is 5.56 Å². The minimum atomic E-state index is -0.283. The van der Waals surface area contributed by atoms with Gasteiger partial charge >= 0.3 is 0 Å². The van der Waals surface area contributed by atoms with Crippen molar-refractivity contribution in [2.45, 2.75) is 6.92 Å². The largest absolute Gasteiger partial charge is 0.481 e. The van der Waals surface area contributed by atoms with Crippen LogP contribution in [0.2, 0.25) is 0 Å². The Kier molecular flexibility index (Phi) is 4.42. The smallest absolute Gasteiger partial charge is 0.214 e. The summed E-state index contributed by atoms with van der Waals surface area (Å²) in [6, 6.07) is 20.1. The lowest BCUT2D eigenvalue weighted by Crippen LogP contribution is -2.00. The highest BCUT2D eigenvalue weighted by Crippen LogP contribution is 2.32. The molecule has 4 nitrogen and oxygen atoms in total. The van der Waals surface area contributed by atoms with E-state index < -0.39 is 0 Å². The van der Waals surface area contributed by atoms with Crippen LogP contribution in [0, 0.1) is 12.7 Å². The first kappa shape index (κ1) is 17.0. The van der Waals surface area contributed by atoms with Crippen LogP contribution in [0.15, 0.2) is 66.7 Å². The number of methoxy groups -OCH3 is 1. The van der Waals surface area contributed by atoms with Gasteiger partial charge in [0.05, 0.1) is 12.8 Å². The van der Waals surface area contributed by atoms with Crippen LogP contribution in [0.3, 0.4) is 0 Å². The molecule has 0 fully saturated rings. The normalized spacial score (nSPS) is 10.8. The fourth-order valence-corrected chi connectivity index (χ4v) is 3.05. The number of halogens is 1. The Morgan fingerprint density at radius 2 is 1.74 bits per heavy atom.